The van der Waals surface area contributed by atoms with Crippen molar-refractivity contribution in [3.05, 3.63) is 64.9 Å². The van der Waals surface area contributed by atoms with Crippen LogP contribution in [0.25, 0.3) is 11.5 Å². The number of aromatic nitrogens is 2. The molecule has 0 aliphatic heterocycles. The summed E-state index contributed by atoms with van der Waals surface area (Å²) in [6.45, 7) is 0. The number of hydrogen-bond acceptors (Lipinski definition) is 6. The Balaban J connectivity index is 1.49. The molecule has 27 heavy (non-hydrogen) atoms. The average molecular weight is 407 g/mol. The topological polar surface area (TPSA) is 97.1 Å². The molecule has 0 saturated heterocycles. The van der Waals surface area contributed by atoms with E-state index in [-0.39, 0.29) is 16.5 Å². The molecule has 2 amide bonds. The molecular formula is C17H12ClFN4O3S. The number of hydrogen-bond donors (Lipinski definition) is 2. The molecule has 0 aliphatic rings. The Bertz CT molecular complexity index is 965. The summed E-state index contributed by atoms with van der Waals surface area (Å²) in [6, 6.07) is 12.3. The van der Waals surface area contributed by atoms with Crippen LogP contribution in [0.1, 0.15) is 10.4 Å². The third kappa shape index (κ3) is 5.05. The van der Waals surface area contributed by atoms with Gasteiger partial charge in [-0.25, -0.2) is 4.39 Å². The lowest BCUT2D eigenvalue weighted by atomic mass is 10.2. The lowest BCUT2D eigenvalue weighted by molar-refractivity contribution is -0.119. The number of benzene rings is 2. The molecule has 2 N–H and O–H groups in total. The first-order chi connectivity index (χ1) is 13.0. The van der Waals surface area contributed by atoms with Gasteiger partial charge < -0.3 is 4.42 Å². The largest absolute Gasteiger partial charge is 0.411 e. The predicted molar refractivity (Wildman–Crippen MR) is 97.5 cm³/mol. The van der Waals surface area contributed by atoms with Gasteiger partial charge in [-0.05, 0) is 36.4 Å². The molecule has 3 aromatic rings. The third-order valence-corrected chi connectivity index (χ3v) is 4.33. The average Bonchev–Trinajstić information content (AvgIpc) is 3.14. The number of nitrogens with one attached hydrogen (secondary N) is 2. The molecule has 1 aromatic heterocycles. The molecular weight excluding hydrogens is 395 g/mol. The van der Waals surface area contributed by atoms with Crippen molar-refractivity contribution in [3.8, 4) is 11.5 Å². The number of amides is 2. The van der Waals surface area contributed by atoms with Gasteiger partial charge in [-0.15, -0.1) is 10.2 Å². The normalized spacial score (nSPS) is 10.4. The first-order valence-corrected chi connectivity index (χ1v) is 8.95. The lowest BCUT2D eigenvalue weighted by Gasteiger charge is -2.07. The van der Waals surface area contributed by atoms with Gasteiger partial charge in [-0.3, -0.25) is 20.4 Å². The Kier molecular flexibility index (Phi) is 6.05. The van der Waals surface area contributed by atoms with Crippen LogP contribution in [-0.2, 0) is 4.79 Å². The minimum Gasteiger partial charge on any atom is -0.411 e. The zero-order valence-corrected chi connectivity index (χ0v) is 15.2. The monoisotopic (exact) mass is 406 g/mol. The summed E-state index contributed by atoms with van der Waals surface area (Å²) in [7, 11) is 0. The summed E-state index contributed by atoms with van der Waals surface area (Å²) >= 11 is 6.82. The quantitative estimate of drug-likeness (QED) is 0.499. The van der Waals surface area contributed by atoms with E-state index >= 15 is 0 Å². The van der Waals surface area contributed by atoms with Crippen LogP contribution in [0, 0.1) is 5.82 Å². The molecule has 0 atom stereocenters. The number of rotatable bonds is 5. The van der Waals surface area contributed by atoms with Crippen LogP contribution in [0.3, 0.4) is 0 Å². The molecule has 0 bridgehead atoms. The van der Waals surface area contributed by atoms with Crippen molar-refractivity contribution in [1.29, 1.82) is 0 Å². The van der Waals surface area contributed by atoms with Crippen LogP contribution < -0.4 is 10.9 Å². The van der Waals surface area contributed by atoms with Crippen molar-refractivity contribution >= 4 is 35.2 Å². The fourth-order valence-electron chi connectivity index (χ4n) is 1.98. The first kappa shape index (κ1) is 18.9. The maximum Gasteiger partial charge on any atom is 0.277 e. The fraction of sp³-hybridized carbons (Fsp3) is 0.0588. The van der Waals surface area contributed by atoms with Gasteiger partial charge in [-0.2, -0.15) is 0 Å². The van der Waals surface area contributed by atoms with E-state index in [9.17, 15) is 14.0 Å². The first-order valence-electron chi connectivity index (χ1n) is 7.59. The minimum absolute atomic E-state index is 0.0835. The van der Waals surface area contributed by atoms with Crippen LogP contribution in [0.2, 0.25) is 5.02 Å². The van der Waals surface area contributed by atoms with Gasteiger partial charge in [-0.1, -0.05) is 35.5 Å². The Morgan fingerprint density at radius 2 is 1.81 bits per heavy atom. The van der Waals surface area contributed by atoms with Crippen molar-refractivity contribution in [2.24, 2.45) is 0 Å². The van der Waals surface area contributed by atoms with Crippen LogP contribution in [0.5, 0.6) is 0 Å². The van der Waals surface area contributed by atoms with E-state index in [2.05, 4.69) is 21.0 Å². The molecule has 1 heterocycles. The highest BCUT2D eigenvalue weighted by Gasteiger charge is 2.14. The predicted octanol–water partition coefficient (Wildman–Crippen LogP) is 3.08. The van der Waals surface area contributed by atoms with Crippen molar-refractivity contribution in [2.45, 2.75) is 5.22 Å². The van der Waals surface area contributed by atoms with Crippen molar-refractivity contribution in [3.63, 3.8) is 0 Å². The molecule has 7 nitrogen and oxygen atoms in total. The Morgan fingerprint density at radius 1 is 1.07 bits per heavy atom. The Hall–Kier alpha value is -2.91. The molecule has 2 aromatic carbocycles. The summed E-state index contributed by atoms with van der Waals surface area (Å²) in [5, 5.41) is 8.51. The third-order valence-electron chi connectivity index (χ3n) is 3.26. The lowest BCUT2D eigenvalue weighted by Crippen LogP contribution is -2.42. The van der Waals surface area contributed by atoms with Gasteiger partial charge in [0.15, 0.2) is 0 Å². The van der Waals surface area contributed by atoms with Gasteiger partial charge in [0.2, 0.25) is 11.8 Å². The highest BCUT2D eigenvalue weighted by atomic mass is 35.5. The smallest absolute Gasteiger partial charge is 0.277 e. The van der Waals surface area contributed by atoms with E-state index in [4.69, 9.17) is 16.0 Å². The van der Waals surface area contributed by atoms with E-state index in [1.165, 1.54) is 18.2 Å². The van der Waals surface area contributed by atoms with Gasteiger partial charge in [0.05, 0.1) is 11.3 Å². The van der Waals surface area contributed by atoms with Crippen LogP contribution >= 0.6 is 23.4 Å². The molecule has 0 spiro atoms. The Morgan fingerprint density at radius 3 is 2.56 bits per heavy atom. The fourth-order valence-corrected chi connectivity index (χ4v) is 2.67. The van der Waals surface area contributed by atoms with Crippen LogP contribution in [0.15, 0.2) is 58.2 Å². The molecule has 138 valence electrons. The highest BCUT2D eigenvalue weighted by molar-refractivity contribution is 7.99. The van der Waals surface area contributed by atoms with Crippen molar-refractivity contribution in [2.75, 3.05) is 5.75 Å². The molecule has 10 heteroatoms. The zero-order chi connectivity index (χ0) is 19.2. The molecule has 3 rings (SSSR count). The summed E-state index contributed by atoms with van der Waals surface area (Å²) in [5.74, 6) is -1.74. The number of carbonyl (C=O) groups is 2. The van der Waals surface area contributed by atoms with E-state index in [1.54, 1.807) is 24.3 Å². The molecule has 0 saturated carbocycles. The number of thioether (sulfide) groups is 1. The maximum atomic E-state index is 13.5. The summed E-state index contributed by atoms with van der Waals surface area (Å²) in [6.07, 6.45) is 0. The van der Waals surface area contributed by atoms with Crippen molar-refractivity contribution in [1.82, 2.24) is 21.0 Å². The van der Waals surface area contributed by atoms with E-state index < -0.39 is 17.6 Å². The second-order valence-electron chi connectivity index (χ2n) is 5.15. The zero-order valence-electron chi connectivity index (χ0n) is 13.6. The molecule has 0 aliphatic carbocycles. The van der Waals surface area contributed by atoms with Gasteiger partial charge in [0, 0.05) is 10.6 Å². The molecule has 0 radical (unpaired) electrons. The van der Waals surface area contributed by atoms with Gasteiger partial charge in [0.1, 0.15) is 5.82 Å². The SMILES string of the molecule is O=C(CSc1nnc(-c2ccc(Cl)cc2)o1)NNC(=O)c1ccccc1F. The number of halogens is 2. The summed E-state index contributed by atoms with van der Waals surface area (Å²) in [5.41, 5.74) is 4.86. The maximum absolute atomic E-state index is 13.5. The van der Waals surface area contributed by atoms with Gasteiger partial charge >= 0.3 is 0 Å². The molecule has 0 fully saturated rings. The number of carbonyl (C=O) groups excluding carboxylic acids is 2. The highest BCUT2D eigenvalue weighted by Crippen LogP contribution is 2.24. The number of nitrogens with zero attached hydrogens (tertiary/aromatic N) is 2. The molecule has 0 unspecified atom stereocenters. The van der Waals surface area contributed by atoms with E-state index in [0.717, 1.165) is 17.8 Å². The van der Waals surface area contributed by atoms with Crippen LogP contribution in [-0.4, -0.2) is 27.8 Å². The Labute approximate surface area is 162 Å². The van der Waals surface area contributed by atoms with Crippen LogP contribution in [0.4, 0.5) is 4.39 Å². The standard InChI is InChI=1S/C17H12ClFN4O3S/c18-11-7-5-10(6-8-11)16-22-23-17(26-16)27-9-14(24)20-21-15(25)12-3-1-2-4-13(12)19/h1-8H,9H2,(H,20,24)(H,21,25). The number of hydrazine groups is 1. The second-order valence-corrected chi connectivity index (χ2v) is 6.51. The van der Waals surface area contributed by atoms with E-state index in [0.29, 0.717) is 16.5 Å². The van der Waals surface area contributed by atoms with Gasteiger partial charge in [0.25, 0.3) is 11.1 Å². The minimum atomic E-state index is -0.755. The summed E-state index contributed by atoms with van der Waals surface area (Å²) in [4.78, 5) is 23.6. The summed E-state index contributed by atoms with van der Waals surface area (Å²) < 4.78 is 18.9. The second kappa shape index (κ2) is 8.65. The van der Waals surface area contributed by atoms with E-state index in [1.807, 2.05) is 0 Å². The van der Waals surface area contributed by atoms with Crippen molar-refractivity contribution < 1.29 is 18.4 Å².